The van der Waals surface area contributed by atoms with Gasteiger partial charge in [-0.1, -0.05) is 13.8 Å². The largest absolute Gasteiger partial charge is 0.359 e. The molecular formula is C14H17N7. The number of nitrogens with one attached hydrogen (secondary N) is 1. The number of anilines is 1. The number of aryl methyl sites for hydroxylation is 1. The van der Waals surface area contributed by atoms with Crippen LogP contribution in [-0.4, -0.2) is 24.7 Å². The van der Waals surface area contributed by atoms with Crippen LogP contribution in [-0.2, 0) is 6.54 Å². The summed E-state index contributed by atoms with van der Waals surface area (Å²) in [5.74, 6) is 2.81. The van der Waals surface area contributed by atoms with Crippen molar-refractivity contribution < 1.29 is 0 Å². The minimum absolute atomic E-state index is 0.0842. The maximum atomic E-state index is 8.74. The third-order valence-electron chi connectivity index (χ3n) is 3.50. The summed E-state index contributed by atoms with van der Waals surface area (Å²) in [6.07, 6.45) is 5.08. The second kappa shape index (κ2) is 5.48. The van der Waals surface area contributed by atoms with Gasteiger partial charge in [-0.25, -0.2) is 19.6 Å². The first-order valence-corrected chi connectivity index (χ1v) is 7.10. The molecule has 7 nitrogen and oxygen atoms in total. The van der Waals surface area contributed by atoms with Crippen molar-refractivity contribution in [1.82, 2.24) is 24.7 Å². The van der Waals surface area contributed by atoms with Crippen LogP contribution in [0.4, 0.5) is 5.82 Å². The van der Waals surface area contributed by atoms with Gasteiger partial charge in [0.05, 0.1) is 18.4 Å². The van der Waals surface area contributed by atoms with Crippen molar-refractivity contribution in [2.45, 2.75) is 45.2 Å². The maximum Gasteiger partial charge on any atom is 0.158 e. The quantitative estimate of drug-likeness (QED) is 0.926. The maximum absolute atomic E-state index is 8.74. The smallest absolute Gasteiger partial charge is 0.158 e. The number of aromatic nitrogens is 5. The number of rotatable bonds is 3. The monoisotopic (exact) mass is 283 g/mol. The Morgan fingerprint density at radius 1 is 1.38 bits per heavy atom. The summed E-state index contributed by atoms with van der Waals surface area (Å²) in [6.45, 7) is 5.10. The summed E-state index contributed by atoms with van der Waals surface area (Å²) in [5.41, 5.74) is 0.314. The third kappa shape index (κ3) is 2.70. The zero-order valence-electron chi connectivity index (χ0n) is 12.1. The molecule has 1 N–H and O–H groups in total. The Balaban J connectivity index is 1.82. The fraction of sp³-hybridized carbons (Fsp3) is 0.500. The molecule has 0 saturated carbocycles. The lowest BCUT2D eigenvalue weighted by Gasteiger charge is -2.23. The van der Waals surface area contributed by atoms with E-state index in [2.05, 4.69) is 39.2 Å². The number of nitrogens with zero attached hydrogens (tertiary/aromatic N) is 6. The highest BCUT2D eigenvalue weighted by Crippen LogP contribution is 2.27. The normalized spacial score (nSPS) is 17.3. The van der Waals surface area contributed by atoms with Gasteiger partial charge in [0.15, 0.2) is 11.5 Å². The third-order valence-corrected chi connectivity index (χ3v) is 3.50. The van der Waals surface area contributed by atoms with E-state index in [0.29, 0.717) is 17.4 Å². The molecule has 1 atom stereocenters. The summed E-state index contributed by atoms with van der Waals surface area (Å²) in [4.78, 5) is 12.9. The van der Waals surface area contributed by atoms with Crippen molar-refractivity contribution in [2.75, 3.05) is 5.32 Å². The summed E-state index contributed by atoms with van der Waals surface area (Å²) < 4.78 is 1.98. The summed E-state index contributed by atoms with van der Waals surface area (Å²) in [6, 6.07) is 2.05. The summed E-state index contributed by atoms with van der Waals surface area (Å²) >= 11 is 0. The van der Waals surface area contributed by atoms with E-state index in [1.54, 1.807) is 6.20 Å². The Kier molecular flexibility index (Phi) is 3.52. The highest BCUT2D eigenvalue weighted by Gasteiger charge is 2.25. The second-order valence-corrected chi connectivity index (χ2v) is 5.44. The average molecular weight is 283 g/mol. The van der Waals surface area contributed by atoms with Crippen molar-refractivity contribution in [3.05, 3.63) is 29.7 Å². The van der Waals surface area contributed by atoms with Gasteiger partial charge in [-0.3, -0.25) is 0 Å². The van der Waals surface area contributed by atoms with Gasteiger partial charge in [0, 0.05) is 12.5 Å². The molecule has 0 fully saturated rings. The molecule has 0 saturated heterocycles. The van der Waals surface area contributed by atoms with E-state index in [1.165, 1.54) is 6.20 Å². The fourth-order valence-corrected chi connectivity index (χ4v) is 2.39. The van der Waals surface area contributed by atoms with Crippen molar-refractivity contribution in [1.29, 1.82) is 5.26 Å². The number of hydrogen-bond acceptors (Lipinski definition) is 6. The molecule has 2 aromatic rings. The Morgan fingerprint density at radius 3 is 2.90 bits per heavy atom. The highest BCUT2D eigenvalue weighted by molar-refractivity contribution is 5.35. The SMILES string of the molecule is CC(C)c1nc2n(n1)CCCC2Nc1cnc(C#N)cn1. The first-order chi connectivity index (χ1) is 10.2. The fourth-order valence-electron chi connectivity index (χ4n) is 2.39. The zero-order valence-corrected chi connectivity index (χ0v) is 12.1. The molecule has 21 heavy (non-hydrogen) atoms. The molecule has 0 aromatic carbocycles. The number of nitriles is 1. The molecule has 0 spiro atoms. The van der Waals surface area contributed by atoms with Crippen LogP contribution in [0, 0.1) is 11.3 Å². The van der Waals surface area contributed by atoms with Gasteiger partial charge in [-0.2, -0.15) is 10.4 Å². The van der Waals surface area contributed by atoms with E-state index in [1.807, 2.05) is 10.8 Å². The van der Waals surface area contributed by atoms with E-state index in [9.17, 15) is 0 Å². The van der Waals surface area contributed by atoms with Gasteiger partial charge in [0.2, 0.25) is 0 Å². The predicted molar refractivity (Wildman–Crippen MR) is 76.5 cm³/mol. The molecule has 7 heteroatoms. The first-order valence-electron chi connectivity index (χ1n) is 7.10. The van der Waals surface area contributed by atoms with Crippen molar-refractivity contribution in [3.63, 3.8) is 0 Å². The standard InChI is InChI=1S/C14H17N7/c1-9(2)13-19-14-11(4-3-5-21(14)20-13)18-12-8-16-10(6-15)7-17-12/h7-9,11H,3-5H2,1-2H3,(H,17,18). The van der Waals surface area contributed by atoms with Gasteiger partial charge < -0.3 is 5.32 Å². The molecular weight excluding hydrogens is 266 g/mol. The Morgan fingerprint density at radius 2 is 2.24 bits per heavy atom. The van der Waals surface area contributed by atoms with Crippen LogP contribution in [0.3, 0.4) is 0 Å². The minimum atomic E-state index is 0.0842. The lowest BCUT2D eigenvalue weighted by Crippen LogP contribution is -2.23. The molecule has 0 amide bonds. The Bertz CT molecular complexity index is 666. The van der Waals surface area contributed by atoms with Crippen LogP contribution in [0.1, 0.15) is 56.0 Å². The van der Waals surface area contributed by atoms with Crippen LogP contribution in [0.2, 0.25) is 0 Å². The lowest BCUT2D eigenvalue weighted by atomic mass is 10.1. The van der Waals surface area contributed by atoms with Gasteiger partial charge in [0.1, 0.15) is 17.7 Å². The van der Waals surface area contributed by atoms with Gasteiger partial charge in [0.25, 0.3) is 0 Å². The number of fused-ring (bicyclic) bond motifs is 1. The van der Waals surface area contributed by atoms with Crippen LogP contribution in [0.5, 0.6) is 0 Å². The van der Waals surface area contributed by atoms with Crippen LogP contribution in [0.15, 0.2) is 12.4 Å². The molecule has 3 heterocycles. The lowest BCUT2D eigenvalue weighted by molar-refractivity contribution is 0.436. The van der Waals surface area contributed by atoms with Crippen LogP contribution >= 0.6 is 0 Å². The van der Waals surface area contributed by atoms with Gasteiger partial charge in [-0.05, 0) is 12.8 Å². The second-order valence-electron chi connectivity index (χ2n) is 5.44. The molecule has 1 unspecified atom stereocenters. The minimum Gasteiger partial charge on any atom is -0.359 e. The molecule has 1 aliphatic rings. The molecule has 0 bridgehead atoms. The highest BCUT2D eigenvalue weighted by atomic mass is 15.4. The molecule has 0 aliphatic carbocycles. The van der Waals surface area contributed by atoms with Gasteiger partial charge >= 0.3 is 0 Å². The number of hydrogen-bond donors (Lipinski definition) is 1. The van der Waals surface area contributed by atoms with Crippen LogP contribution < -0.4 is 5.32 Å². The zero-order chi connectivity index (χ0) is 14.8. The van der Waals surface area contributed by atoms with E-state index in [0.717, 1.165) is 31.0 Å². The summed E-state index contributed by atoms with van der Waals surface area (Å²) in [5, 5.41) is 16.6. The Labute approximate surface area is 123 Å². The van der Waals surface area contributed by atoms with Crippen molar-refractivity contribution in [2.24, 2.45) is 0 Å². The predicted octanol–water partition coefficient (Wildman–Crippen LogP) is 2.01. The average Bonchev–Trinajstić information content (AvgIpc) is 2.93. The van der Waals surface area contributed by atoms with E-state index in [-0.39, 0.29) is 6.04 Å². The molecule has 108 valence electrons. The van der Waals surface area contributed by atoms with Gasteiger partial charge in [-0.15, -0.1) is 0 Å². The van der Waals surface area contributed by atoms with Crippen molar-refractivity contribution >= 4 is 5.82 Å². The van der Waals surface area contributed by atoms with Crippen molar-refractivity contribution in [3.8, 4) is 6.07 Å². The molecule has 0 radical (unpaired) electrons. The molecule has 2 aromatic heterocycles. The topological polar surface area (TPSA) is 92.3 Å². The first kappa shape index (κ1) is 13.5. The van der Waals surface area contributed by atoms with E-state index in [4.69, 9.17) is 5.26 Å². The van der Waals surface area contributed by atoms with E-state index >= 15 is 0 Å². The Hall–Kier alpha value is -2.49. The summed E-state index contributed by atoms with van der Waals surface area (Å²) in [7, 11) is 0. The molecule has 1 aliphatic heterocycles. The van der Waals surface area contributed by atoms with Crippen LogP contribution in [0.25, 0.3) is 0 Å². The molecule has 3 rings (SSSR count). The van der Waals surface area contributed by atoms with E-state index < -0.39 is 0 Å².